The molecule has 0 radical (unpaired) electrons. The molecule has 1 aliphatic rings. The zero-order valence-electron chi connectivity index (χ0n) is 19.1. The average molecular weight is 448 g/mol. The molecule has 1 amide bonds. The lowest BCUT2D eigenvalue weighted by molar-refractivity contribution is 0.0920. The van der Waals surface area contributed by atoms with Crippen LogP contribution in [0.5, 0.6) is 5.75 Å². The van der Waals surface area contributed by atoms with Gasteiger partial charge in [0.25, 0.3) is 5.91 Å². The molecule has 174 valence electrons. The molecule has 0 atom stereocenters. The molecular weight excluding hydrogens is 414 g/mol. The maximum atomic E-state index is 12.5. The number of benzene rings is 2. The van der Waals surface area contributed by atoms with Gasteiger partial charge in [-0.3, -0.25) is 9.69 Å². The molecule has 1 fully saturated rings. The van der Waals surface area contributed by atoms with Gasteiger partial charge in [-0.1, -0.05) is 48.5 Å². The molecule has 0 spiro atoms. The van der Waals surface area contributed by atoms with E-state index in [0.717, 1.165) is 63.4 Å². The molecule has 1 aliphatic heterocycles. The monoisotopic (exact) mass is 447 g/mol. The van der Waals surface area contributed by atoms with E-state index in [1.54, 1.807) is 6.07 Å². The normalized spacial score (nSPS) is 14.8. The lowest BCUT2D eigenvalue weighted by Crippen LogP contribution is -2.46. The van der Waals surface area contributed by atoms with Crippen molar-refractivity contribution in [2.45, 2.75) is 26.0 Å². The fourth-order valence-electron chi connectivity index (χ4n) is 4.08. The van der Waals surface area contributed by atoms with Crippen LogP contribution in [-0.2, 0) is 13.2 Å². The fraction of sp³-hybridized carbons (Fsp3) is 0.370. The minimum atomic E-state index is -0.179. The standard InChI is InChI=1S/C27H33N3O3/c31-27(26-24(13-20-32-26)22-33-25-11-5-2-6-12-25)28-14-7-8-15-29-16-18-30(19-17-29)21-23-9-3-1-4-10-23/h1-6,9-13,20H,7-8,14-19,21-22H2,(H,28,31). The Hall–Kier alpha value is -3.09. The van der Waals surface area contributed by atoms with Crippen molar-refractivity contribution in [1.82, 2.24) is 15.1 Å². The molecule has 6 nitrogen and oxygen atoms in total. The summed E-state index contributed by atoms with van der Waals surface area (Å²) in [5, 5.41) is 2.98. The highest BCUT2D eigenvalue weighted by molar-refractivity contribution is 5.92. The molecule has 0 bridgehead atoms. The minimum Gasteiger partial charge on any atom is -0.489 e. The molecule has 1 saturated heterocycles. The second kappa shape index (κ2) is 12.2. The van der Waals surface area contributed by atoms with Crippen molar-refractivity contribution in [2.24, 2.45) is 0 Å². The Bertz CT molecular complexity index is 967. The highest BCUT2D eigenvalue weighted by atomic mass is 16.5. The van der Waals surface area contributed by atoms with E-state index in [2.05, 4.69) is 45.4 Å². The number of para-hydroxylation sites is 1. The first-order chi connectivity index (χ1) is 16.3. The zero-order valence-corrected chi connectivity index (χ0v) is 19.1. The fourth-order valence-corrected chi connectivity index (χ4v) is 4.08. The van der Waals surface area contributed by atoms with Gasteiger partial charge in [0.1, 0.15) is 12.4 Å². The number of hydrogen-bond acceptors (Lipinski definition) is 5. The average Bonchev–Trinajstić information content (AvgIpc) is 3.34. The number of nitrogens with zero attached hydrogens (tertiary/aromatic N) is 2. The van der Waals surface area contributed by atoms with Crippen LogP contribution in [0.4, 0.5) is 0 Å². The van der Waals surface area contributed by atoms with Crippen LogP contribution in [0.25, 0.3) is 0 Å². The van der Waals surface area contributed by atoms with Gasteiger partial charge in [0.2, 0.25) is 0 Å². The molecule has 0 unspecified atom stereocenters. The van der Waals surface area contributed by atoms with E-state index in [9.17, 15) is 4.79 Å². The molecular formula is C27H33N3O3. The van der Waals surface area contributed by atoms with E-state index < -0.39 is 0 Å². The second-order valence-corrected chi connectivity index (χ2v) is 8.44. The first-order valence-corrected chi connectivity index (χ1v) is 11.8. The summed E-state index contributed by atoms with van der Waals surface area (Å²) in [7, 11) is 0. The number of amides is 1. The van der Waals surface area contributed by atoms with E-state index in [-0.39, 0.29) is 5.91 Å². The predicted molar refractivity (Wildman–Crippen MR) is 129 cm³/mol. The number of rotatable bonds is 11. The molecule has 1 aromatic heterocycles. The third kappa shape index (κ3) is 7.20. The number of hydrogen-bond donors (Lipinski definition) is 1. The Morgan fingerprint density at radius 3 is 2.33 bits per heavy atom. The Balaban J connectivity index is 1.10. The van der Waals surface area contributed by atoms with E-state index in [1.165, 1.54) is 11.8 Å². The lowest BCUT2D eigenvalue weighted by Gasteiger charge is -2.34. The number of carbonyl (C=O) groups is 1. The van der Waals surface area contributed by atoms with Gasteiger partial charge in [0.15, 0.2) is 5.76 Å². The first kappa shape index (κ1) is 23.1. The number of carbonyl (C=O) groups excluding carboxylic acids is 1. The Labute approximate surface area is 196 Å². The van der Waals surface area contributed by atoms with Crippen LogP contribution in [0, 0.1) is 0 Å². The Morgan fingerprint density at radius 1 is 0.879 bits per heavy atom. The number of ether oxygens (including phenoxy) is 1. The number of nitrogens with one attached hydrogen (secondary N) is 1. The topological polar surface area (TPSA) is 58.0 Å². The van der Waals surface area contributed by atoms with Crippen molar-refractivity contribution in [3.63, 3.8) is 0 Å². The Kier molecular flexibility index (Phi) is 8.55. The van der Waals surface area contributed by atoms with E-state index in [0.29, 0.717) is 18.9 Å². The molecule has 0 saturated carbocycles. The summed E-state index contributed by atoms with van der Waals surface area (Å²) in [6.07, 6.45) is 3.56. The van der Waals surface area contributed by atoms with Crippen molar-refractivity contribution < 1.29 is 13.9 Å². The van der Waals surface area contributed by atoms with Crippen LogP contribution in [-0.4, -0.2) is 55.0 Å². The molecule has 2 heterocycles. The maximum absolute atomic E-state index is 12.5. The highest BCUT2D eigenvalue weighted by Gasteiger charge is 2.17. The molecule has 33 heavy (non-hydrogen) atoms. The van der Waals surface area contributed by atoms with Crippen molar-refractivity contribution in [1.29, 1.82) is 0 Å². The smallest absolute Gasteiger partial charge is 0.287 e. The van der Waals surface area contributed by atoms with Crippen LogP contribution >= 0.6 is 0 Å². The summed E-state index contributed by atoms with van der Waals surface area (Å²) in [6.45, 7) is 7.49. The summed E-state index contributed by atoms with van der Waals surface area (Å²) < 4.78 is 11.2. The van der Waals surface area contributed by atoms with E-state index >= 15 is 0 Å². The molecule has 1 N–H and O–H groups in total. The van der Waals surface area contributed by atoms with Gasteiger partial charge < -0.3 is 19.4 Å². The summed E-state index contributed by atoms with van der Waals surface area (Å²) in [5.41, 5.74) is 2.14. The van der Waals surface area contributed by atoms with Crippen molar-refractivity contribution >= 4 is 5.91 Å². The van der Waals surface area contributed by atoms with Gasteiger partial charge in [0, 0.05) is 44.8 Å². The van der Waals surface area contributed by atoms with Crippen LogP contribution in [0.15, 0.2) is 77.4 Å². The van der Waals surface area contributed by atoms with Gasteiger partial charge in [0.05, 0.1) is 6.26 Å². The summed E-state index contributed by atoms with van der Waals surface area (Å²) in [4.78, 5) is 17.6. The van der Waals surface area contributed by atoms with Crippen molar-refractivity contribution in [3.05, 3.63) is 89.9 Å². The third-order valence-electron chi connectivity index (χ3n) is 5.99. The second-order valence-electron chi connectivity index (χ2n) is 8.44. The first-order valence-electron chi connectivity index (χ1n) is 11.8. The van der Waals surface area contributed by atoms with Gasteiger partial charge >= 0.3 is 0 Å². The molecule has 3 aromatic rings. The number of furan rings is 1. The van der Waals surface area contributed by atoms with Crippen molar-refractivity contribution in [2.75, 3.05) is 39.3 Å². The van der Waals surface area contributed by atoms with Crippen LogP contribution in [0.3, 0.4) is 0 Å². The quantitative estimate of drug-likeness (QED) is 0.447. The highest BCUT2D eigenvalue weighted by Crippen LogP contribution is 2.16. The van der Waals surface area contributed by atoms with Crippen LogP contribution < -0.4 is 10.1 Å². The maximum Gasteiger partial charge on any atom is 0.287 e. The van der Waals surface area contributed by atoms with Gasteiger partial charge in [-0.15, -0.1) is 0 Å². The lowest BCUT2D eigenvalue weighted by atomic mass is 10.2. The molecule has 0 aliphatic carbocycles. The SMILES string of the molecule is O=C(NCCCCN1CCN(Cc2ccccc2)CC1)c1occc1COc1ccccc1. The summed E-state index contributed by atoms with van der Waals surface area (Å²) in [5.74, 6) is 0.924. The van der Waals surface area contributed by atoms with Gasteiger partial charge in [-0.05, 0) is 43.1 Å². The molecule has 4 rings (SSSR count). The molecule has 2 aromatic carbocycles. The van der Waals surface area contributed by atoms with Crippen LogP contribution in [0.2, 0.25) is 0 Å². The number of piperazine rings is 1. The van der Waals surface area contributed by atoms with E-state index in [4.69, 9.17) is 9.15 Å². The third-order valence-corrected chi connectivity index (χ3v) is 5.99. The van der Waals surface area contributed by atoms with Crippen LogP contribution in [0.1, 0.15) is 34.5 Å². The molecule has 6 heteroatoms. The van der Waals surface area contributed by atoms with Gasteiger partial charge in [-0.2, -0.15) is 0 Å². The minimum absolute atomic E-state index is 0.179. The summed E-state index contributed by atoms with van der Waals surface area (Å²) >= 11 is 0. The zero-order chi connectivity index (χ0) is 22.7. The van der Waals surface area contributed by atoms with Gasteiger partial charge in [-0.25, -0.2) is 0 Å². The largest absolute Gasteiger partial charge is 0.489 e. The van der Waals surface area contributed by atoms with E-state index in [1.807, 2.05) is 30.3 Å². The Morgan fingerprint density at radius 2 is 1.58 bits per heavy atom. The summed E-state index contributed by atoms with van der Waals surface area (Å²) in [6, 6.07) is 22.0. The van der Waals surface area contributed by atoms with Crippen molar-refractivity contribution in [3.8, 4) is 5.75 Å². The predicted octanol–water partition coefficient (Wildman–Crippen LogP) is 4.19. The number of unbranched alkanes of at least 4 members (excludes halogenated alkanes) is 1.